The van der Waals surface area contributed by atoms with E-state index in [1.165, 1.54) is 19.3 Å². The van der Waals surface area contributed by atoms with Crippen LogP contribution in [0.5, 0.6) is 0 Å². The summed E-state index contributed by atoms with van der Waals surface area (Å²) in [6.45, 7) is 4.27. The lowest BCUT2D eigenvalue weighted by molar-refractivity contribution is 0.112. The predicted molar refractivity (Wildman–Crippen MR) is 82.4 cm³/mol. The quantitative estimate of drug-likeness (QED) is 0.793. The topological polar surface area (TPSA) is 33.2 Å². The molecule has 1 aliphatic heterocycles. The minimum atomic E-state index is 0.709. The zero-order chi connectivity index (χ0) is 13.9. The minimum absolute atomic E-state index is 0.709. The molecule has 1 atom stereocenters. The molecule has 3 heteroatoms. The molecule has 1 aromatic carbocycles. The van der Waals surface area contributed by atoms with E-state index in [1.54, 1.807) is 0 Å². The van der Waals surface area contributed by atoms with E-state index in [2.05, 4.69) is 11.8 Å². The Bertz CT molecular complexity index is 623. The highest BCUT2D eigenvalue weighted by molar-refractivity contribution is 5.91. The van der Waals surface area contributed by atoms with Crippen LogP contribution >= 0.6 is 0 Å². The van der Waals surface area contributed by atoms with Crippen molar-refractivity contribution in [1.82, 2.24) is 4.98 Å². The van der Waals surface area contributed by atoms with Gasteiger partial charge >= 0.3 is 0 Å². The van der Waals surface area contributed by atoms with Crippen molar-refractivity contribution in [2.75, 3.05) is 18.0 Å². The van der Waals surface area contributed by atoms with E-state index in [9.17, 15) is 4.79 Å². The Morgan fingerprint density at radius 3 is 3.05 bits per heavy atom. The van der Waals surface area contributed by atoms with Crippen molar-refractivity contribution in [3.05, 3.63) is 35.9 Å². The van der Waals surface area contributed by atoms with Crippen LogP contribution in [0.15, 0.2) is 30.3 Å². The second-order valence-electron chi connectivity index (χ2n) is 5.60. The van der Waals surface area contributed by atoms with Gasteiger partial charge in [-0.25, -0.2) is 4.98 Å². The number of anilines is 1. The summed E-state index contributed by atoms with van der Waals surface area (Å²) in [7, 11) is 0. The van der Waals surface area contributed by atoms with Crippen LogP contribution < -0.4 is 4.90 Å². The highest BCUT2D eigenvalue weighted by Gasteiger charge is 2.24. The molecule has 0 bridgehead atoms. The summed E-state index contributed by atoms with van der Waals surface area (Å²) < 4.78 is 0. The van der Waals surface area contributed by atoms with Gasteiger partial charge in [-0.05, 0) is 30.9 Å². The molecule has 2 aromatic rings. The number of hydrogen-bond donors (Lipinski definition) is 0. The first-order valence-corrected chi connectivity index (χ1v) is 7.41. The third-order valence-corrected chi connectivity index (χ3v) is 4.14. The maximum Gasteiger partial charge on any atom is 0.153 e. The highest BCUT2D eigenvalue weighted by atomic mass is 16.1. The Hall–Kier alpha value is -1.90. The standard InChI is InChI=1S/C17H20N2O/c1-2-5-13-8-9-19(11-13)17-15(12-20)10-14-6-3-4-7-16(14)18-17/h3-4,6-7,10,12-13H,2,5,8-9,11H2,1H3. The first kappa shape index (κ1) is 13.1. The average Bonchev–Trinajstić information content (AvgIpc) is 2.94. The molecule has 0 N–H and O–H groups in total. The van der Waals surface area contributed by atoms with E-state index in [1.807, 2.05) is 30.3 Å². The van der Waals surface area contributed by atoms with E-state index >= 15 is 0 Å². The Kier molecular flexibility index (Phi) is 3.68. The Balaban J connectivity index is 1.96. The van der Waals surface area contributed by atoms with Crippen LogP contribution in [0, 0.1) is 5.92 Å². The number of pyridine rings is 1. The summed E-state index contributed by atoms with van der Waals surface area (Å²) >= 11 is 0. The zero-order valence-electron chi connectivity index (χ0n) is 11.9. The summed E-state index contributed by atoms with van der Waals surface area (Å²) in [5, 5.41) is 1.03. The largest absolute Gasteiger partial charge is 0.356 e. The van der Waals surface area contributed by atoms with Gasteiger partial charge in [0, 0.05) is 18.5 Å². The molecule has 0 saturated carbocycles. The van der Waals surface area contributed by atoms with E-state index in [0.29, 0.717) is 5.56 Å². The molecular formula is C17H20N2O. The number of rotatable bonds is 4. The predicted octanol–water partition coefficient (Wildman–Crippen LogP) is 3.67. The summed E-state index contributed by atoms with van der Waals surface area (Å²) in [4.78, 5) is 18.4. The number of hydrogen-bond acceptors (Lipinski definition) is 3. The summed E-state index contributed by atoms with van der Waals surface area (Å²) in [6, 6.07) is 9.93. The van der Waals surface area contributed by atoms with Crippen molar-refractivity contribution in [3.63, 3.8) is 0 Å². The van der Waals surface area contributed by atoms with Gasteiger partial charge in [0.1, 0.15) is 5.82 Å². The second-order valence-corrected chi connectivity index (χ2v) is 5.60. The average molecular weight is 268 g/mol. The van der Waals surface area contributed by atoms with Crippen molar-refractivity contribution in [2.24, 2.45) is 5.92 Å². The molecule has 1 fully saturated rings. The third-order valence-electron chi connectivity index (χ3n) is 4.14. The molecule has 0 radical (unpaired) electrons. The van der Waals surface area contributed by atoms with E-state index in [0.717, 1.165) is 42.0 Å². The van der Waals surface area contributed by atoms with E-state index < -0.39 is 0 Å². The summed E-state index contributed by atoms with van der Waals surface area (Å²) in [5.41, 5.74) is 1.67. The number of fused-ring (bicyclic) bond motifs is 1. The van der Waals surface area contributed by atoms with Gasteiger partial charge in [-0.3, -0.25) is 4.79 Å². The van der Waals surface area contributed by atoms with E-state index in [4.69, 9.17) is 4.98 Å². The van der Waals surface area contributed by atoms with Gasteiger partial charge in [0.2, 0.25) is 0 Å². The maximum atomic E-state index is 11.4. The molecule has 104 valence electrons. The lowest BCUT2D eigenvalue weighted by Gasteiger charge is -2.19. The molecule has 20 heavy (non-hydrogen) atoms. The van der Waals surface area contributed by atoms with Crippen LogP contribution in [0.4, 0.5) is 5.82 Å². The van der Waals surface area contributed by atoms with Gasteiger partial charge in [0.25, 0.3) is 0 Å². The van der Waals surface area contributed by atoms with Crippen molar-refractivity contribution in [1.29, 1.82) is 0 Å². The van der Waals surface area contributed by atoms with Gasteiger partial charge in [-0.15, -0.1) is 0 Å². The first-order chi connectivity index (χ1) is 9.81. The molecular weight excluding hydrogens is 248 g/mol. The molecule has 3 rings (SSSR count). The zero-order valence-corrected chi connectivity index (χ0v) is 11.9. The third kappa shape index (κ3) is 2.40. The van der Waals surface area contributed by atoms with Crippen LogP contribution in [0.25, 0.3) is 10.9 Å². The summed E-state index contributed by atoms with van der Waals surface area (Å²) in [6.07, 6.45) is 4.63. The van der Waals surface area contributed by atoms with Crippen LogP contribution in [0.2, 0.25) is 0 Å². The van der Waals surface area contributed by atoms with Crippen molar-refractivity contribution in [3.8, 4) is 0 Å². The normalized spacial score (nSPS) is 18.6. The van der Waals surface area contributed by atoms with Gasteiger partial charge in [0.05, 0.1) is 11.1 Å². The lowest BCUT2D eigenvalue weighted by atomic mass is 10.0. The van der Waals surface area contributed by atoms with Gasteiger partial charge in [0.15, 0.2) is 6.29 Å². The number of carbonyl (C=O) groups excluding carboxylic acids is 1. The van der Waals surface area contributed by atoms with Crippen molar-refractivity contribution in [2.45, 2.75) is 26.2 Å². The van der Waals surface area contributed by atoms with Crippen molar-refractivity contribution >= 4 is 23.0 Å². The second kappa shape index (κ2) is 5.61. The van der Waals surface area contributed by atoms with Gasteiger partial charge in [-0.1, -0.05) is 31.5 Å². The smallest absolute Gasteiger partial charge is 0.153 e. The molecule has 1 aromatic heterocycles. The molecule has 1 aliphatic rings. The number of aldehydes is 1. The fraction of sp³-hybridized carbons (Fsp3) is 0.412. The Morgan fingerprint density at radius 2 is 2.25 bits per heavy atom. The fourth-order valence-electron chi connectivity index (χ4n) is 3.13. The minimum Gasteiger partial charge on any atom is -0.356 e. The van der Waals surface area contributed by atoms with Crippen molar-refractivity contribution < 1.29 is 4.79 Å². The lowest BCUT2D eigenvalue weighted by Crippen LogP contribution is -2.22. The number of para-hydroxylation sites is 1. The number of nitrogens with zero attached hydrogens (tertiary/aromatic N) is 2. The molecule has 0 aliphatic carbocycles. The first-order valence-electron chi connectivity index (χ1n) is 7.41. The van der Waals surface area contributed by atoms with E-state index in [-0.39, 0.29) is 0 Å². The van der Waals surface area contributed by atoms with Crippen LogP contribution in [0.1, 0.15) is 36.5 Å². The molecule has 0 amide bonds. The van der Waals surface area contributed by atoms with Gasteiger partial charge < -0.3 is 4.90 Å². The molecule has 0 spiro atoms. The van der Waals surface area contributed by atoms with Crippen LogP contribution in [0.3, 0.4) is 0 Å². The van der Waals surface area contributed by atoms with Crippen LogP contribution in [-0.4, -0.2) is 24.4 Å². The Labute approximate surface area is 119 Å². The number of carbonyl (C=O) groups is 1. The summed E-state index contributed by atoms with van der Waals surface area (Å²) in [5.74, 6) is 1.60. The molecule has 1 saturated heterocycles. The van der Waals surface area contributed by atoms with Gasteiger partial charge in [-0.2, -0.15) is 0 Å². The molecule has 2 heterocycles. The number of benzene rings is 1. The number of aromatic nitrogens is 1. The van der Waals surface area contributed by atoms with Crippen LogP contribution in [-0.2, 0) is 0 Å². The fourth-order valence-corrected chi connectivity index (χ4v) is 3.13. The molecule has 3 nitrogen and oxygen atoms in total. The highest BCUT2D eigenvalue weighted by Crippen LogP contribution is 2.29. The maximum absolute atomic E-state index is 11.4. The SMILES string of the molecule is CCCC1CCN(c2nc3ccccc3cc2C=O)C1. The molecule has 1 unspecified atom stereocenters. The Morgan fingerprint density at radius 1 is 1.40 bits per heavy atom. The monoisotopic (exact) mass is 268 g/mol.